The predicted molar refractivity (Wildman–Crippen MR) is 69.5 cm³/mol. The Labute approximate surface area is 106 Å². The molecule has 94 valence electrons. The standard InChI is InChI=1S/C14H16N2O2/c17-14(18-13-7-2-1-3-8-13)15-9-6-12-16-10-4-5-11-16/h1-5,7-8,10-11H,6,9,12H2,(H,15,17). The quantitative estimate of drug-likeness (QED) is 0.822. The van der Waals surface area contributed by atoms with Crippen LogP contribution in [0.25, 0.3) is 0 Å². The zero-order valence-electron chi connectivity index (χ0n) is 10.1. The molecule has 0 aliphatic rings. The number of carbonyl (C=O) groups excluding carboxylic acids is 1. The second-order valence-corrected chi connectivity index (χ2v) is 3.90. The van der Waals surface area contributed by atoms with Crippen LogP contribution < -0.4 is 10.1 Å². The molecule has 0 radical (unpaired) electrons. The summed E-state index contributed by atoms with van der Waals surface area (Å²) < 4.78 is 7.17. The van der Waals surface area contributed by atoms with Crippen LogP contribution in [-0.2, 0) is 6.54 Å². The van der Waals surface area contributed by atoms with E-state index in [2.05, 4.69) is 9.88 Å². The maximum absolute atomic E-state index is 11.4. The van der Waals surface area contributed by atoms with Crippen LogP contribution in [-0.4, -0.2) is 17.2 Å². The molecule has 0 saturated heterocycles. The molecule has 1 heterocycles. The Kier molecular flexibility index (Phi) is 4.41. The maximum Gasteiger partial charge on any atom is 0.412 e. The van der Waals surface area contributed by atoms with Crippen LogP contribution in [0.15, 0.2) is 54.9 Å². The molecular weight excluding hydrogens is 228 g/mol. The van der Waals surface area contributed by atoms with E-state index in [1.54, 1.807) is 12.1 Å². The Hall–Kier alpha value is -2.23. The molecule has 0 aliphatic heterocycles. The van der Waals surface area contributed by atoms with Crippen molar-refractivity contribution in [2.24, 2.45) is 0 Å². The fraction of sp³-hybridized carbons (Fsp3) is 0.214. The van der Waals surface area contributed by atoms with E-state index < -0.39 is 6.09 Å². The molecule has 0 aliphatic carbocycles. The van der Waals surface area contributed by atoms with Crippen LogP contribution in [0.4, 0.5) is 4.79 Å². The molecule has 18 heavy (non-hydrogen) atoms. The highest BCUT2D eigenvalue weighted by Gasteiger charge is 2.02. The molecule has 1 amide bonds. The van der Waals surface area contributed by atoms with Gasteiger partial charge in [0.15, 0.2) is 0 Å². The second kappa shape index (κ2) is 6.49. The first kappa shape index (κ1) is 12.2. The van der Waals surface area contributed by atoms with Crippen molar-refractivity contribution in [3.8, 4) is 5.75 Å². The van der Waals surface area contributed by atoms with Crippen molar-refractivity contribution in [3.63, 3.8) is 0 Å². The van der Waals surface area contributed by atoms with E-state index in [1.165, 1.54) is 0 Å². The first-order chi connectivity index (χ1) is 8.84. The van der Waals surface area contributed by atoms with E-state index in [1.807, 2.05) is 42.7 Å². The third-order valence-electron chi connectivity index (χ3n) is 2.48. The zero-order chi connectivity index (χ0) is 12.6. The highest BCUT2D eigenvalue weighted by atomic mass is 16.5. The number of rotatable bonds is 5. The van der Waals surface area contributed by atoms with Gasteiger partial charge in [-0.2, -0.15) is 0 Å². The van der Waals surface area contributed by atoms with Gasteiger partial charge in [0, 0.05) is 25.5 Å². The molecule has 1 N–H and O–H groups in total. The third kappa shape index (κ3) is 3.97. The van der Waals surface area contributed by atoms with Crippen LogP contribution in [0.2, 0.25) is 0 Å². The molecule has 0 saturated carbocycles. The molecule has 0 atom stereocenters. The van der Waals surface area contributed by atoms with Gasteiger partial charge < -0.3 is 14.6 Å². The monoisotopic (exact) mass is 244 g/mol. The average Bonchev–Trinajstić information content (AvgIpc) is 2.89. The highest BCUT2D eigenvalue weighted by molar-refractivity contribution is 5.70. The van der Waals surface area contributed by atoms with Crippen LogP contribution in [0, 0.1) is 0 Å². The Morgan fingerprint density at radius 2 is 1.83 bits per heavy atom. The molecule has 0 spiro atoms. The summed E-state index contributed by atoms with van der Waals surface area (Å²) in [5.41, 5.74) is 0. The van der Waals surface area contributed by atoms with Gasteiger partial charge in [-0.1, -0.05) is 18.2 Å². The molecule has 0 fully saturated rings. The van der Waals surface area contributed by atoms with Gasteiger partial charge in [0.25, 0.3) is 0 Å². The zero-order valence-corrected chi connectivity index (χ0v) is 10.1. The lowest BCUT2D eigenvalue weighted by molar-refractivity contribution is 0.200. The summed E-state index contributed by atoms with van der Waals surface area (Å²) in [5, 5.41) is 2.72. The lowest BCUT2D eigenvalue weighted by Gasteiger charge is -2.06. The van der Waals surface area contributed by atoms with Crippen molar-refractivity contribution in [2.75, 3.05) is 6.54 Å². The molecule has 1 aromatic carbocycles. The van der Waals surface area contributed by atoms with Crippen molar-refractivity contribution in [1.82, 2.24) is 9.88 Å². The third-order valence-corrected chi connectivity index (χ3v) is 2.48. The molecular formula is C14H16N2O2. The van der Waals surface area contributed by atoms with Crippen LogP contribution in [0.1, 0.15) is 6.42 Å². The largest absolute Gasteiger partial charge is 0.412 e. The molecule has 2 aromatic rings. The highest BCUT2D eigenvalue weighted by Crippen LogP contribution is 2.07. The van der Waals surface area contributed by atoms with E-state index in [9.17, 15) is 4.79 Å². The van der Waals surface area contributed by atoms with Gasteiger partial charge in [-0.25, -0.2) is 4.79 Å². The Bertz CT molecular complexity index is 466. The van der Waals surface area contributed by atoms with E-state index >= 15 is 0 Å². The summed E-state index contributed by atoms with van der Waals surface area (Å²) in [6.07, 6.45) is 4.47. The Morgan fingerprint density at radius 1 is 1.11 bits per heavy atom. The van der Waals surface area contributed by atoms with Gasteiger partial charge >= 0.3 is 6.09 Å². The smallest absolute Gasteiger partial charge is 0.410 e. The summed E-state index contributed by atoms with van der Waals surface area (Å²) in [5.74, 6) is 0.556. The van der Waals surface area contributed by atoms with E-state index in [0.717, 1.165) is 13.0 Å². The van der Waals surface area contributed by atoms with Gasteiger partial charge in [0.1, 0.15) is 5.75 Å². The SMILES string of the molecule is O=C(NCCCn1cccc1)Oc1ccccc1. The normalized spacial score (nSPS) is 10.0. The number of benzene rings is 1. The minimum Gasteiger partial charge on any atom is -0.410 e. The minimum absolute atomic E-state index is 0.409. The predicted octanol–water partition coefficient (Wildman–Crippen LogP) is 2.67. The fourth-order valence-corrected chi connectivity index (χ4v) is 1.60. The number of carbonyl (C=O) groups is 1. The Morgan fingerprint density at radius 3 is 2.56 bits per heavy atom. The Balaban J connectivity index is 1.63. The van der Waals surface area contributed by atoms with Gasteiger partial charge in [-0.05, 0) is 30.7 Å². The number of ether oxygens (including phenoxy) is 1. The van der Waals surface area contributed by atoms with Crippen LogP contribution in [0.5, 0.6) is 5.75 Å². The number of amides is 1. The minimum atomic E-state index is -0.409. The fourth-order valence-electron chi connectivity index (χ4n) is 1.60. The van der Waals surface area contributed by atoms with Crippen molar-refractivity contribution in [1.29, 1.82) is 0 Å². The van der Waals surface area contributed by atoms with Crippen molar-refractivity contribution in [2.45, 2.75) is 13.0 Å². The van der Waals surface area contributed by atoms with Crippen LogP contribution in [0.3, 0.4) is 0 Å². The number of para-hydroxylation sites is 1. The number of nitrogens with zero attached hydrogens (tertiary/aromatic N) is 1. The number of hydrogen-bond donors (Lipinski definition) is 1. The van der Waals surface area contributed by atoms with E-state index in [4.69, 9.17) is 4.74 Å². The van der Waals surface area contributed by atoms with Gasteiger partial charge in [-0.15, -0.1) is 0 Å². The lowest BCUT2D eigenvalue weighted by atomic mass is 10.3. The van der Waals surface area contributed by atoms with Crippen molar-refractivity contribution < 1.29 is 9.53 Å². The molecule has 0 bridgehead atoms. The van der Waals surface area contributed by atoms with Crippen LogP contribution >= 0.6 is 0 Å². The molecule has 2 rings (SSSR count). The second-order valence-electron chi connectivity index (χ2n) is 3.90. The maximum atomic E-state index is 11.4. The molecule has 4 nitrogen and oxygen atoms in total. The van der Waals surface area contributed by atoms with E-state index in [-0.39, 0.29) is 0 Å². The first-order valence-corrected chi connectivity index (χ1v) is 5.96. The van der Waals surface area contributed by atoms with Crippen molar-refractivity contribution >= 4 is 6.09 Å². The summed E-state index contributed by atoms with van der Waals surface area (Å²) >= 11 is 0. The molecule has 1 aromatic heterocycles. The topological polar surface area (TPSA) is 43.3 Å². The van der Waals surface area contributed by atoms with Gasteiger partial charge in [0.2, 0.25) is 0 Å². The summed E-state index contributed by atoms with van der Waals surface area (Å²) in [6, 6.07) is 13.0. The number of nitrogens with one attached hydrogen (secondary N) is 1. The van der Waals surface area contributed by atoms with Gasteiger partial charge in [0.05, 0.1) is 0 Å². The van der Waals surface area contributed by atoms with Crippen molar-refractivity contribution in [3.05, 3.63) is 54.9 Å². The first-order valence-electron chi connectivity index (χ1n) is 5.96. The number of hydrogen-bond acceptors (Lipinski definition) is 2. The summed E-state index contributed by atoms with van der Waals surface area (Å²) in [7, 11) is 0. The lowest BCUT2D eigenvalue weighted by Crippen LogP contribution is -2.28. The number of aromatic nitrogens is 1. The summed E-state index contributed by atoms with van der Waals surface area (Å²) in [4.78, 5) is 11.4. The summed E-state index contributed by atoms with van der Waals surface area (Å²) in [6.45, 7) is 1.49. The number of aryl methyl sites for hydroxylation is 1. The average molecular weight is 244 g/mol. The van der Waals surface area contributed by atoms with Gasteiger partial charge in [-0.3, -0.25) is 0 Å². The van der Waals surface area contributed by atoms with E-state index in [0.29, 0.717) is 12.3 Å². The molecule has 4 heteroatoms. The molecule has 0 unspecified atom stereocenters.